The Morgan fingerprint density at radius 2 is 2.04 bits per heavy atom. The molecule has 0 saturated carbocycles. The van der Waals surface area contributed by atoms with E-state index < -0.39 is 6.04 Å². The monoisotopic (exact) mass is 315 g/mol. The Labute approximate surface area is 135 Å². The first-order chi connectivity index (χ1) is 11.0. The van der Waals surface area contributed by atoms with Crippen molar-refractivity contribution in [2.75, 3.05) is 13.7 Å². The Balaban J connectivity index is 1.97. The number of para-hydroxylation sites is 1. The Morgan fingerprint density at radius 1 is 1.30 bits per heavy atom. The number of methoxy groups -OCH3 is 1. The molecule has 1 aromatic heterocycles. The van der Waals surface area contributed by atoms with Crippen LogP contribution in [0.1, 0.15) is 24.2 Å². The van der Waals surface area contributed by atoms with Gasteiger partial charge in [0.1, 0.15) is 11.8 Å². The number of amides is 1. The molecule has 1 amide bonds. The van der Waals surface area contributed by atoms with Gasteiger partial charge in [0.2, 0.25) is 5.91 Å². The van der Waals surface area contributed by atoms with Crippen molar-refractivity contribution in [3.63, 3.8) is 0 Å². The fraction of sp³-hybridized carbons (Fsp3) is 0.353. The highest BCUT2D eigenvalue weighted by Crippen LogP contribution is 2.17. The number of nitrogens with one attached hydrogen (secondary N) is 1. The summed E-state index contributed by atoms with van der Waals surface area (Å²) in [6.07, 6.45) is 0.651. The Hall–Kier alpha value is -2.63. The Bertz CT molecular complexity index is 740. The molecule has 1 N–H and O–H groups in total. The van der Waals surface area contributed by atoms with E-state index in [4.69, 9.17) is 4.74 Å². The van der Waals surface area contributed by atoms with E-state index in [1.54, 1.807) is 27.0 Å². The maximum atomic E-state index is 12.2. The molecule has 2 rings (SSSR count). The molecule has 0 unspecified atom stereocenters. The number of carbonyl (C=O) groups is 1. The van der Waals surface area contributed by atoms with Crippen LogP contribution >= 0.6 is 0 Å². The maximum absolute atomic E-state index is 12.2. The van der Waals surface area contributed by atoms with Gasteiger partial charge in [-0.2, -0.15) is 5.10 Å². The summed E-state index contributed by atoms with van der Waals surface area (Å²) in [5.74, 6) is 0.562. The highest BCUT2D eigenvalue weighted by molar-refractivity contribution is 5.79. The molecular weight excluding hydrogens is 294 g/mol. The molecule has 1 heterocycles. The molecule has 0 aliphatic heterocycles. The van der Waals surface area contributed by atoms with Gasteiger partial charge in [-0.25, -0.2) is 4.68 Å². The van der Waals surface area contributed by atoms with Crippen LogP contribution in [0.4, 0.5) is 0 Å². The normalized spacial score (nSPS) is 11.8. The standard InChI is InChI=1S/C17H21N3O3/c1-12-8-9-16(21)20(19-12)13(2)17(22)18-11-10-14-6-4-5-7-15(14)23-3/h4-9,13H,10-11H2,1-3H3,(H,18,22)/t13-/m1/s1. The number of aryl methyl sites for hydroxylation is 1. The highest BCUT2D eigenvalue weighted by atomic mass is 16.5. The van der Waals surface area contributed by atoms with Crippen LogP contribution in [0.25, 0.3) is 0 Å². The van der Waals surface area contributed by atoms with E-state index in [9.17, 15) is 9.59 Å². The second-order valence-electron chi connectivity index (χ2n) is 5.29. The maximum Gasteiger partial charge on any atom is 0.267 e. The van der Waals surface area contributed by atoms with Gasteiger partial charge in [-0.1, -0.05) is 18.2 Å². The van der Waals surface area contributed by atoms with Crippen molar-refractivity contribution >= 4 is 5.91 Å². The van der Waals surface area contributed by atoms with E-state index in [0.717, 1.165) is 11.3 Å². The largest absolute Gasteiger partial charge is 0.496 e. The van der Waals surface area contributed by atoms with Crippen molar-refractivity contribution in [2.45, 2.75) is 26.3 Å². The fourth-order valence-corrected chi connectivity index (χ4v) is 2.29. The number of nitrogens with zero attached hydrogens (tertiary/aromatic N) is 2. The lowest BCUT2D eigenvalue weighted by Gasteiger charge is -2.14. The number of hydrogen-bond donors (Lipinski definition) is 1. The smallest absolute Gasteiger partial charge is 0.267 e. The number of hydrogen-bond acceptors (Lipinski definition) is 4. The molecule has 0 spiro atoms. The first-order valence-corrected chi connectivity index (χ1v) is 7.49. The van der Waals surface area contributed by atoms with Gasteiger partial charge in [0.15, 0.2) is 0 Å². The lowest BCUT2D eigenvalue weighted by molar-refractivity contribution is -0.124. The molecule has 0 aliphatic carbocycles. The molecule has 0 aliphatic rings. The summed E-state index contributed by atoms with van der Waals surface area (Å²) >= 11 is 0. The molecule has 6 nitrogen and oxygen atoms in total. The van der Waals surface area contributed by atoms with E-state index in [1.807, 2.05) is 24.3 Å². The number of rotatable bonds is 6. The summed E-state index contributed by atoms with van der Waals surface area (Å²) in [5.41, 5.74) is 1.43. The second kappa shape index (κ2) is 7.58. The van der Waals surface area contributed by atoms with Gasteiger partial charge in [0.25, 0.3) is 5.56 Å². The van der Waals surface area contributed by atoms with Gasteiger partial charge < -0.3 is 10.1 Å². The predicted molar refractivity (Wildman–Crippen MR) is 87.7 cm³/mol. The number of ether oxygens (including phenoxy) is 1. The molecule has 6 heteroatoms. The molecule has 2 aromatic rings. The summed E-state index contributed by atoms with van der Waals surface area (Å²) < 4.78 is 6.48. The first-order valence-electron chi connectivity index (χ1n) is 7.49. The topological polar surface area (TPSA) is 73.2 Å². The lowest BCUT2D eigenvalue weighted by atomic mass is 10.1. The molecule has 1 atom stereocenters. The van der Waals surface area contributed by atoms with Crippen LogP contribution in [0.2, 0.25) is 0 Å². The summed E-state index contributed by atoms with van der Waals surface area (Å²) in [5, 5.41) is 6.94. The van der Waals surface area contributed by atoms with Crippen LogP contribution in [0.3, 0.4) is 0 Å². The average molecular weight is 315 g/mol. The SMILES string of the molecule is COc1ccccc1CCNC(=O)[C@@H](C)n1nc(C)ccc1=O. The molecular formula is C17H21N3O3. The van der Waals surface area contributed by atoms with Gasteiger partial charge in [-0.3, -0.25) is 9.59 Å². The van der Waals surface area contributed by atoms with Crippen LogP contribution in [0.15, 0.2) is 41.2 Å². The zero-order valence-corrected chi connectivity index (χ0v) is 13.6. The van der Waals surface area contributed by atoms with Crippen molar-refractivity contribution in [2.24, 2.45) is 0 Å². The molecule has 0 saturated heterocycles. The van der Waals surface area contributed by atoms with E-state index in [1.165, 1.54) is 10.7 Å². The van der Waals surface area contributed by atoms with Crippen molar-refractivity contribution in [3.05, 3.63) is 58.0 Å². The van der Waals surface area contributed by atoms with Crippen LogP contribution in [-0.2, 0) is 11.2 Å². The van der Waals surface area contributed by atoms with E-state index >= 15 is 0 Å². The van der Waals surface area contributed by atoms with Crippen molar-refractivity contribution in [3.8, 4) is 5.75 Å². The first kappa shape index (κ1) is 16.7. The van der Waals surface area contributed by atoms with Gasteiger partial charge in [0, 0.05) is 12.6 Å². The van der Waals surface area contributed by atoms with Crippen LogP contribution < -0.4 is 15.6 Å². The van der Waals surface area contributed by atoms with Crippen molar-refractivity contribution in [1.82, 2.24) is 15.1 Å². The van der Waals surface area contributed by atoms with E-state index in [2.05, 4.69) is 10.4 Å². The average Bonchev–Trinajstić information content (AvgIpc) is 2.56. The van der Waals surface area contributed by atoms with Gasteiger partial charge >= 0.3 is 0 Å². The van der Waals surface area contributed by atoms with Gasteiger partial charge in [-0.05, 0) is 38.0 Å². The van der Waals surface area contributed by atoms with Crippen LogP contribution in [0.5, 0.6) is 5.75 Å². The van der Waals surface area contributed by atoms with Gasteiger partial charge in [0.05, 0.1) is 12.8 Å². The molecule has 122 valence electrons. The van der Waals surface area contributed by atoms with Crippen molar-refractivity contribution in [1.29, 1.82) is 0 Å². The molecule has 23 heavy (non-hydrogen) atoms. The third-order valence-corrected chi connectivity index (χ3v) is 3.59. The minimum Gasteiger partial charge on any atom is -0.496 e. The zero-order chi connectivity index (χ0) is 16.8. The molecule has 0 fully saturated rings. The quantitative estimate of drug-likeness (QED) is 0.876. The Morgan fingerprint density at radius 3 is 2.78 bits per heavy atom. The van der Waals surface area contributed by atoms with Crippen molar-refractivity contribution < 1.29 is 9.53 Å². The predicted octanol–water partition coefficient (Wildman–Crippen LogP) is 1.48. The third kappa shape index (κ3) is 4.18. The van der Waals surface area contributed by atoms with Crippen LogP contribution in [0, 0.1) is 6.92 Å². The zero-order valence-electron chi connectivity index (χ0n) is 13.6. The minimum atomic E-state index is -0.653. The van der Waals surface area contributed by atoms with E-state index in [0.29, 0.717) is 18.7 Å². The molecule has 0 radical (unpaired) electrons. The molecule has 1 aromatic carbocycles. The summed E-state index contributed by atoms with van der Waals surface area (Å²) in [7, 11) is 1.62. The van der Waals surface area contributed by atoms with E-state index in [-0.39, 0.29) is 11.5 Å². The minimum absolute atomic E-state index is 0.236. The number of carbonyl (C=O) groups excluding carboxylic acids is 1. The summed E-state index contributed by atoms with van der Waals surface area (Å²) in [6, 6.07) is 10.1. The highest BCUT2D eigenvalue weighted by Gasteiger charge is 2.17. The van der Waals surface area contributed by atoms with Gasteiger partial charge in [-0.15, -0.1) is 0 Å². The number of aromatic nitrogens is 2. The van der Waals surface area contributed by atoms with Crippen LogP contribution in [-0.4, -0.2) is 29.3 Å². The number of benzene rings is 1. The summed E-state index contributed by atoms with van der Waals surface area (Å²) in [4.78, 5) is 24.0. The summed E-state index contributed by atoms with van der Waals surface area (Å²) in [6.45, 7) is 3.90. The fourth-order valence-electron chi connectivity index (χ4n) is 2.29. The lowest BCUT2D eigenvalue weighted by Crippen LogP contribution is -2.37. The second-order valence-corrected chi connectivity index (χ2v) is 5.29. The Kier molecular flexibility index (Phi) is 5.51. The molecule has 0 bridgehead atoms. The third-order valence-electron chi connectivity index (χ3n) is 3.59.